The number of thiazole rings is 1. The predicted molar refractivity (Wildman–Crippen MR) is 122 cm³/mol. The highest BCUT2D eigenvalue weighted by Crippen LogP contribution is 2.29. The van der Waals surface area contributed by atoms with Gasteiger partial charge in [0.25, 0.3) is 5.91 Å². The lowest BCUT2D eigenvalue weighted by Gasteiger charge is -2.24. The summed E-state index contributed by atoms with van der Waals surface area (Å²) in [6, 6.07) is 6.34. The molecule has 2 aromatic rings. The maximum atomic E-state index is 13.4. The highest BCUT2D eigenvalue weighted by molar-refractivity contribution is 7.16. The van der Waals surface area contributed by atoms with Gasteiger partial charge in [0.15, 0.2) is 0 Å². The van der Waals surface area contributed by atoms with Gasteiger partial charge < -0.3 is 10.1 Å². The number of rotatable bonds is 7. The van der Waals surface area contributed by atoms with Gasteiger partial charge in [-0.05, 0) is 49.0 Å². The van der Waals surface area contributed by atoms with Crippen LogP contribution in [0.25, 0.3) is 16.3 Å². The standard InChI is InChI=1S/C23H30N4O2S/c1-15(2)10-17(13-29-3)25-23-26-20(22(28)27(23)18-6-4-5-7-18)11-16-8-9-19-21(12-16)30-14-24-19/h8-9,11-12,14-15,17-18H,4-7,10,13H2,1-3H3,(H,25,26)/b20-11-/t17-/m1/s1. The minimum absolute atomic E-state index is 0.0192. The number of carbonyl (C=O) groups excluding carboxylic acids is 1. The number of aromatic nitrogens is 1. The Balaban J connectivity index is 1.65. The number of hydrogen-bond donors (Lipinski definition) is 1. The van der Waals surface area contributed by atoms with Gasteiger partial charge in [-0.3, -0.25) is 9.69 Å². The Kier molecular flexibility index (Phi) is 6.49. The van der Waals surface area contributed by atoms with Crippen molar-refractivity contribution in [3.05, 3.63) is 35.0 Å². The Morgan fingerprint density at radius 1 is 1.37 bits per heavy atom. The topological polar surface area (TPSA) is 66.8 Å². The molecule has 2 fully saturated rings. The summed E-state index contributed by atoms with van der Waals surface area (Å²) in [7, 11) is 1.70. The summed E-state index contributed by atoms with van der Waals surface area (Å²) in [6.07, 6.45) is 7.25. The van der Waals surface area contributed by atoms with Crippen molar-refractivity contribution in [1.82, 2.24) is 15.2 Å². The van der Waals surface area contributed by atoms with Crippen molar-refractivity contribution in [2.45, 2.75) is 58.0 Å². The van der Waals surface area contributed by atoms with Crippen molar-refractivity contribution in [3.63, 3.8) is 0 Å². The summed E-state index contributed by atoms with van der Waals surface area (Å²) in [5.74, 6) is 1.21. The molecule has 1 aliphatic carbocycles. The van der Waals surface area contributed by atoms with Crippen LogP contribution < -0.4 is 5.32 Å². The van der Waals surface area contributed by atoms with Gasteiger partial charge in [-0.1, -0.05) is 32.8 Å². The van der Waals surface area contributed by atoms with Crippen LogP contribution in [0.1, 0.15) is 51.5 Å². The fraction of sp³-hybridized carbons (Fsp3) is 0.522. The third-order valence-corrected chi connectivity index (χ3v) is 6.48. The first-order valence-electron chi connectivity index (χ1n) is 10.8. The van der Waals surface area contributed by atoms with E-state index >= 15 is 0 Å². The van der Waals surface area contributed by atoms with E-state index in [9.17, 15) is 4.79 Å². The molecule has 4 rings (SSSR count). The molecule has 2 heterocycles. The number of methoxy groups -OCH3 is 1. The van der Waals surface area contributed by atoms with E-state index in [-0.39, 0.29) is 18.0 Å². The minimum atomic E-state index is 0.0192. The van der Waals surface area contributed by atoms with Crippen LogP contribution in [-0.4, -0.2) is 47.6 Å². The number of fused-ring (bicyclic) bond motifs is 1. The van der Waals surface area contributed by atoms with E-state index in [1.807, 2.05) is 28.6 Å². The number of nitrogens with zero attached hydrogens (tertiary/aromatic N) is 3. The van der Waals surface area contributed by atoms with Gasteiger partial charge in [0.1, 0.15) is 5.70 Å². The molecule has 1 amide bonds. The van der Waals surface area contributed by atoms with Crippen molar-refractivity contribution >= 4 is 39.5 Å². The fourth-order valence-corrected chi connectivity index (χ4v) is 5.07. The first-order valence-corrected chi connectivity index (χ1v) is 11.7. The largest absolute Gasteiger partial charge is 0.382 e. The zero-order valence-corrected chi connectivity index (χ0v) is 18.7. The van der Waals surface area contributed by atoms with E-state index in [0.29, 0.717) is 24.2 Å². The summed E-state index contributed by atoms with van der Waals surface area (Å²) in [4.78, 5) is 24.5. The average Bonchev–Trinajstić information content (AvgIpc) is 3.43. The van der Waals surface area contributed by atoms with Crippen molar-refractivity contribution in [2.75, 3.05) is 13.7 Å². The second kappa shape index (κ2) is 9.27. The lowest BCUT2D eigenvalue weighted by Crippen LogP contribution is -2.41. The molecule has 7 heteroatoms. The Hall–Kier alpha value is -2.25. The number of ether oxygens (including phenoxy) is 1. The van der Waals surface area contributed by atoms with Crippen LogP contribution in [0.3, 0.4) is 0 Å². The quantitative estimate of drug-likeness (QED) is 0.665. The molecule has 1 aromatic heterocycles. The van der Waals surface area contributed by atoms with Gasteiger partial charge in [0.2, 0.25) is 5.96 Å². The maximum absolute atomic E-state index is 13.4. The number of benzene rings is 1. The molecule has 0 unspecified atom stereocenters. The second-order valence-corrected chi connectivity index (χ2v) is 9.45. The average molecular weight is 427 g/mol. The highest BCUT2D eigenvalue weighted by atomic mass is 32.1. The molecule has 1 saturated carbocycles. The van der Waals surface area contributed by atoms with Gasteiger partial charge in [0, 0.05) is 13.2 Å². The van der Waals surface area contributed by atoms with Gasteiger partial charge >= 0.3 is 0 Å². The molecular weight excluding hydrogens is 396 g/mol. The summed E-state index contributed by atoms with van der Waals surface area (Å²) in [5, 5.41) is 3.34. The molecule has 1 aliphatic heterocycles. The van der Waals surface area contributed by atoms with Crippen molar-refractivity contribution in [2.24, 2.45) is 10.9 Å². The molecule has 160 valence electrons. The Morgan fingerprint density at radius 2 is 2.17 bits per heavy atom. The van der Waals surface area contributed by atoms with E-state index in [0.717, 1.165) is 47.9 Å². The predicted octanol–water partition coefficient (Wildman–Crippen LogP) is 4.43. The van der Waals surface area contributed by atoms with Gasteiger partial charge in [-0.2, -0.15) is 0 Å². The van der Waals surface area contributed by atoms with E-state index in [1.165, 1.54) is 0 Å². The minimum Gasteiger partial charge on any atom is -0.382 e. The molecule has 6 nitrogen and oxygen atoms in total. The lowest BCUT2D eigenvalue weighted by molar-refractivity contribution is -0.123. The summed E-state index contributed by atoms with van der Waals surface area (Å²) < 4.78 is 6.52. The summed E-state index contributed by atoms with van der Waals surface area (Å²) >= 11 is 1.61. The van der Waals surface area contributed by atoms with Gasteiger partial charge in [-0.25, -0.2) is 9.98 Å². The van der Waals surface area contributed by atoms with Crippen LogP contribution in [0, 0.1) is 5.92 Å². The number of nitrogens with one attached hydrogen (secondary N) is 1. The van der Waals surface area contributed by atoms with Crippen LogP contribution in [0.4, 0.5) is 0 Å². The van der Waals surface area contributed by atoms with E-state index in [1.54, 1.807) is 18.4 Å². The SMILES string of the molecule is COC[C@@H](CC(C)C)N=C1N/C(=C\c2ccc3ncsc3c2)C(=O)N1C1CCCC1. The molecule has 30 heavy (non-hydrogen) atoms. The second-order valence-electron chi connectivity index (χ2n) is 8.57. The summed E-state index contributed by atoms with van der Waals surface area (Å²) in [6.45, 7) is 4.93. The number of guanidine groups is 1. The molecule has 1 aromatic carbocycles. The lowest BCUT2D eigenvalue weighted by atomic mass is 10.1. The van der Waals surface area contributed by atoms with Crippen LogP contribution >= 0.6 is 11.3 Å². The molecule has 0 radical (unpaired) electrons. The molecule has 1 atom stereocenters. The van der Waals surface area contributed by atoms with Crippen LogP contribution in [0.5, 0.6) is 0 Å². The first kappa shape index (κ1) is 21.0. The number of hydrogen-bond acceptors (Lipinski definition) is 5. The van der Waals surface area contributed by atoms with Crippen molar-refractivity contribution in [1.29, 1.82) is 0 Å². The Bertz CT molecular complexity index is 959. The normalized spacial score (nSPS) is 21.5. The van der Waals surface area contributed by atoms with Gasteiger partial charge in [-0.15, -0.1) is 11.3 Å². The number of amides is 1. The molecule has 0 spiro atoms. The number of carbonyl (C=O) groups is 1. The van der Waals surface area contributed by atoms with Crippen molar-refractivity contribution in [3.8, 4) is 0 Å². The van der Waals surface area contributed by atoms with E-state index in [2.05, 4.69) is 30.2 Å². The van der Waals surface area contributed by atoms with Crippen LogP contribution in [0.15, 0.2) is 34.4 Å². The smallest absolute Gasteiger partial charge is 0.277 e. The van der Waals surface area contributed by atoms with E-state index in [4.69, 9.17) is 9.73 Å². The zero-order chi connectivity index (χ0) is 21.1. The molecule has 1 N–H and O–H groups in total. The molecule has 2 aliphatic rings. The third kappa shape index (κ3) is 4.57. The fourth-order valence-electron chi connectivity index (χ4n) is 4.35. The highest BCUT2D eigenvalue weighted by Gasteiger charge is 2.38. The van der Waals surface area contributed by atoms with Crippen molar-refractivity contribution < 1.29 is 9.53 Å². The zero-order valence-electron chi connectivity index (χ0n) is 17.9. The molecular formula is C23H30N4O2S. The van der Waals surface area contributed by atoms with Crippen LogP contribution in [0.2, 0.25) is 0 Å². The first-order chi connectivity index (χ1) is 14.5. The monoisotopic (exact) mass is 426 g/mol. The summed E-state index contributed by atoms with van der Waals surface area (Å²) in [5.41, 5.74) is 4.41. The Morgan fingerprint density at radius 3 is 2.90 bits per heavy atom. The third-order valence-electron chi connectivity index (χ3n) is 5.69. The maximum Gasteiger partial charge on any atom is 0.277 e. The number of aliphatic imine (C=N–C) groups is 1. The molecule has 0 bridgehead atoms. The van der Waals surface area contributed by atoms with Crippen LogP contribution in [-0.2, 0) is 9.53 Å². The Labute approximate surface area is 182 Å². The van der Waals surface area contributed by atoms with E-state index < -0.39 is 0 Å². The van der Waals surface area contributed by atoms with Gasteiger partial charge in [0.05, 0.1) is 28.4 Å². The molecule has 1 saturated heterocycles.